The summed E-state index contributed by atoms with van der Waals surface area (Å²) in [7, 11) is -3.14. The lowest BCUT2D eigenvalue weighted by Crippen LogP contribution is -2.53. The van der Waals surface area contributed by atoms with Crippen molar-refractivity contribution in [3.05, 3.63) is 0 Å². The summed E-state index contributed by atoms with van der Waals surface area (Å²) in [6, 6.07) is -0.480. The molecule has 15 heavy (non-hydrogen) atoms. The van der Waals surface area contributed by atoms with Crippen LogP contribution in [0.2, 0.25) is 0 Å². The van der Waals surface area contributed by atoms with Crippen molar-refractivity contribution in [1.82, 2.24) is 4.90 Å². The zero-order chi connectivity index (χ0) is 10.8. The molecule has 84 valence electrons. The first-order valence-electron chi connectivity index (χ1n) is 5.22. The maximum atomic E-state index is 11.6. The molecule has 2 aliphatic heterocycles. The summed E-state index contributed by atoms with van der Waals surface area (Å²) in [6.07, 6.45) is 2.57. The molecule has 2 bridgehead atoms. The minimum absolute atomic E-state index is 0.0337. The molecule has 0 aromatic rings. The molecule has 6 heteroatoms. The van der Waals surface area contributed by atoms with E-state index in [2.05, 4.69) is 0 Å². The molecule has 3 rings (SSSR count). The highest BCUT2D eigenvalue weighted by molar-refractivity contribution is 7.92. The topological polar surface area (TPSA) is 74.7 Å². The van der Waals surface area contributed by atoms with Crippen LogP contribution in [0, 0.1) is 0 Å². The third-order valence-electron chi connectivity index (χ3n) is 3.71. The Hall–Kier alpha value is -0.620. The Bertz CT molecular complexity index is 414. The van der Waals surface area contributed by atoms with Gasteiger partial charge in [-0.1, -0.05) is 0 Å². The number of carboxylic acids is 1. The number of rotatable bonds is 2. The van der Waals surface area contributed by atoms with E-state index < -0.39 is 27.1 Å². The van der Waals surface area contributed by atoms with Gasteiger partial charge in [0.15, 0.2) is 9.84 Å². The summed E-state index contributed by atoms with van der Waals surface area (Å²) in [6.45, 7) is 0. The second-order valence-electron chi connectivity index (χ2n) is 4.72. The number of nitrogens with zero attached hydrogens (tertiary/aromatic N) is 1. The van der Waals surface area contributed by atoms with Crippen LogP contribution in [-0.2, 0) is 14.6 Å². The van der Waals surface area contributed by atoms with Gasteiger partial charge in [0, 0.05) is 12.1 Å². The van der Waals surface area contributed by atoms with E-state index in [1.165, 1.54) is 0 Å². The van der Waals surface area contributed by atoms with Crippen LogP contribution in [0.15, 0.2) is 0 Å². The van der Waals surface area contributed by atoms with Crippen molar-refractivity contribution in [2.75, 3.05) is 5.75 Å². The third-order valence-corrected chi connectivity index (χ3v) is 5.93. The van der Waals surface area contributed by atoms with E-state index in [4.69, 9.17) is 5.11 Å². The number of carbonyl (C=O) groups is 1. The molecule has 3 atom stereocenters. The molecule has 0 radical (unpaired) electrons. The molecule has 1 N–H and O–H groups in total. The van der Waals surface area contributed by atoms with Gasteiger partial charge in [-0.3, -0.25) is 9.69 Å². The molecule has 5 nitrogen and oxygen atoms in total. The molecule has 0 amide bonds. The first-order valence-corrected chi connectivity index (χ1v) is 6.94. The summed E-state index contributed by atoms with van der Waals surface area (Å²) in [5.74, 6) is -0.810. The molecular weight excluding hydrogens is 218 g/mol. The van der Waals surface area contributed by atoms with Gasteiger partial charge in [-0.2, -0.15) is 0 Å². The average molecular weight is 231 g/mol. The summed E-state index contributed by atoms with van der Waals surface area (Å²) < 4.78 is 23.3. The van der Waals surface area contributed by atoms with E-state index >= 15 is 0 Å². The molecule has 1 aliphatic carbocycles. The van der Waals surface area contributed by atoms with E-state index in [1.807, 2.05) is 4.90 Å². The monoisotopic (exact) mass is 231 g/mol. The van der Waals surface area contributed by atoms with E-state index in [9.17, 15) is 13.2 Å². The van der Waals surface area contributed by atoms with Gasteiger partial charge >= 0.3 is 5.97 Å². The Labute approximate surface area is 88.0 Å². The van der Waals surface area contributed by atoms with Crippen LogP contribution < -0.4 is 0 Å². The van der Waals surface area contributed by atoms with Gasteiger partial charge in [0.25, 0.3) is 0 Å². The predicted octanol–water partition coefficient (Wildman–Crippen LogP) is -0.527. The molecule has 1 saturated carbocycles. The second-order valence-corrected chi connectivity index (χ2v) is 6.98. The maximum absolute atomic E-state index is 11.6. The zero-order valence-electron chi connectivity index (χ0n) is 8.17. The number of hydrogen-bond acceptors (Lipinski definition) is 4. The van der Waals surface area contributed by atoms with Crippen LogP contribution in [-0.4, -0.2) is 53.5 Å². The molecule has 2 saturated heterocycles. The van der Waals surface area contributed by atoms with E-state index in [1.54, 1.807) is 0 Å². The largest absolute Gasteiger partial charge is 0.480 e. The smallest absolute Gasteiger partial charge is 0.322 e. The predicted molar refractivity (Wildman–Crippen MR) is 52.3 cm³/mol. The van der Waals surface area contributed by atoms with Crippen molar-refractivity contribution < 1.29 is 18.3 Å². The Morgan fingerprint density at radius 3 is 2.47 bits per heavy atom. The Morgan fingerprint density at radius 1 is 1.27 bits per heavy atom. The van der Waals surface area contributed by atoms with Crippen LogP contribution in [0.25, 0.3) is 0 Å². The van der Waals surface area contributed by atoms with E-state index in [0.29, 0.717) is 12.5 Å². The van der Waals surface area contributed by atoms with Crippen molar-refractivity contribution in [3.63, 3.8) is 0 Å². The number of hydrogen-bond donors (Lipinski definition) is 1. The lowest BCUT2D eigenvalue weighted by Gasteiger charge is -2.32. The molecule has 0 aromatic carbocycles. The van der Waals surface area contributed by atoms with Crippen LogP contribution in [0.5, 0.6) is 0 Å². The summed E-state index contributed by atoms with van der Waals surface area (Å²) in [4.78, 5) is 13.1. The standard InChI is InChI=1S/C9H13NO4S/c11-9(12)8-7-3-6(4-15(7,13)14)10(8)5-1-2-5/h5-8H,1-4H2,(H,11,12). The fourth-order valence-corrected chi connectivity index (χ4v) is 5.27. The number of carboxylic acid groups (broad SMARTS) is 1. The molecule has 2 heterocycles. The normalized spacial score (nSPS) is 43.3. The van der Waals surface area contributed by atoms with Gasteiger partial charge < -0.3 is 5.11 Å². The van der Waals surface area contributed by atoms with Crippen molar-refractivity contribution in [1.29, 1.82) is 0 Å². The van der Waals surface area contributed by atoms with Gasteiger partial charge in [-0.25, -0.2) is 8.42 Å². The van der Waals surface area contributed by atoms with Gasteiger partial charge in [0.1, 0.15) is 6.04 Å². The first-order chi connectivity index (χ1) is 7.00. The minimum atomic E-state index is -3.14. The van der Waals surface area contributed by atoms with Crippen LogP contribution in [0.4, 0.5) is 0 Å². The Kier molecular flexibility index (Phi) is 1.75. The summed E-state index contributed by atoms with van der Waals surface area (Å²) >= 11 is 0. The molecule has 3 fully saturated rings. The SMILES string of the molecule is O=C(O)C1C2CC(CS2(=O)=O)N1C1CC1. The Morgan fingerprint density at radius 2 is 1.93 bits per heavy atom. The maximum Gasteiger partial charge on any atom is 0.322 e. The van der Waals surface area contributed by atoms with Crippen molar-refractivity contribution in [3.8, 4) is 0 Å². The van der Waals surface area contributed by atoms with Gasteiger partial charge in [-0.05, 0) is 19.3 Å². The third kappa shape index (κ3) is 1.24. The molecular formula is C9H13NO4S. The lowest BCUT2D eigenvalue weighted by molar-refractivity contribution is -0.142. The van der Waals surface area contributed by atoms with Gasteiger partial charge in [0.05, 0.1) is 11.0 Å². The highest BCUT2D eigenvalue weighted by Gasteiger charge is 2.60. The molecule has 3 aliphatic rings. The highest BCUT2D eigenvalue weighted by Crippen LogP contribution is 2.44. The molecule has 0 aromatic heterocycles. The van der Waals surface area contributed by atoms with E-state index in [-0.39, 0.29) is 11.8 Å². The van der Waals surface area contributed by atoms with Crippen molar-refractivity contribution in [2.45, 2.75) is 42.6 Å². The number of aliphatic carboxylic acids is 1. The average Bonchev–Trinajstić information content (AvgIpc) is 2.81. The van der Waals surface area contributed by atoms with E-state index in [0.717, 1.165) is 12.8 Å². The summed E-state index contributed by atoms with van der Waals surface area (Å²) in [5.41, 5.74) is 0. The number of likely N-dealkylation sites (tertiary alicyclic amines) is 1. The Balaban J connectivity index is 1.98. The fourth-order valence-electron chi connectivity index (χ4n) is 3.01. The zero-order valence-corrected chi connectivity index (χ0v) is 8.98. The van der Waals surface area contributed by atoms with Gasteiger partial charge in [0.2, 0.25) is 0 Å². The summed E-state index contributed by atoms with van der Waals surface area (Å²) in [5, 5.41) is 8.46. The lowest BCUT2D eigenvalue weighted by atomic mass is 10.2. The molecule has 3 unspecified atom stereocenters. The van der Waals surface area contributed by atoms with Gasteiger partial charge in [-0.15, -0.1) is 0 Å². The first kappa shape index (κ1) is 9.59. The minimum Gasteiger partial charge on any atom is -0.480 e. The van der Waals surface area contributed by atoms with Crippen LogP contribution in [0.1, 0.15) is 19.3 Å². The second kappa shape index (κ2) is 2.74. The number of fused-ring (bicyclic) bond motifs is 2. The van der Waals surface area contributed by atoms with Crippen molar-refractivity contribution in [2.24, 2.45) is 0 Å². The van der Waals surface area contributed by atoms with Crippen molar-refractivity contribution >= 4 is 15.8 Å². The molecule has 0 spiro atoms. The van der Waals surface area contributed by atoms with Crippen LogP contribution >= 0.6 is 0 Å². The quantitative estimate of drug-likeness (QED) is 0.691. The number of sulfone groups is 1. The van der Waals surface area contributed by atoms with Crippen LogP contribution in [0.3, 0.4) is 0 Å². The fraction of sp³-hybridized carbons (Fsp3) is 0.889. The highest BCUT2D eigenvalue weighted by atomic mass is 32.2.